The van der Waals surface area contributed by atoms with Crippen molar-refractivity contribution in [3.63, 3.8) is 0 Å². The number of ether oxygens (including phenoxy) is 1. The number of hydrogen-bond acceptors (Lipinski definition) is 5. The number of carbonyl (C=O) groups excluding carboxylic acids is 1. The van der Waals surface area contributed by atoms with Gasteiger partial charge in [0.1, 0.15) is 0 Å². The Kier molecular flexibility index (Phi) is 10.6. The Morgan fingerprint density at radius 2 is 2.06 bits per heavy atom. The Morgan fingerprint density at radius 3 is 2.39 bits per heavy atom. The molecule has 106 valence electrons. The van der Waals surface area contributed by atoms with Gasteiger partial charge in [0, 0.05) is 33.9 Å². The Balaban J connectivity index is 0.000000631. The van der Waals surface area contributed by atoms with Crippen molar-refractivity contribution >= 4 is 12.0 Å². The summed E-state index contributed by atoms with van der Waals surface area (Å²) in [6, 6.07) is 0. The second-order valence-electron chi connectivity index (χ2n) is 4.22. The number of hydrogen-bond donors (Lipinski definition) is 0. The molecule has 0 aromatic carbocycles. The van der Waals surface area contributed by atoms with E-state index in [0.717, 1.165) is 26.0 Å². The van der Waals surface area contributed by atoms with Gasteiger partial charge in [-0.25, -0.2) is 0 Å². The fraction of sp³-hybridized carbons (Fsp3) is 0.846. The monoisotopic (exact) mass is 257 g/mol. The van der Waals surface area contributed by atoms with Gasteiger partial charge in [-0.2, -0.15) is 5.10 Å². The zero-order chi connectivity index (χ0) is 13.8. The van der Waals surface area contributed by atoms with Crippen LogP contribution in [-0.2, 0) is 9.53 Å². The number of likely N-dealkylation sites (N-methyl/N-ethyl adjacent to an activating group) is 1. The van der Waals surface area contributed by atoms with Gasteiger partial charge in [0.2, 0.25) is 0 Å². The van der Waals surface area contributed by atoms with Crippen LogP contribution >= 0.6 is 0 Å². The molecule has 5 heteroatoms. The summed E-state index contributed by atoms with van der Waals surface area (Å²) in [5.41, 5.74) is 0.621. The molecule has 18 heavy (non-hydrogen) atoms. The minimum atomic E-state index is 0.621. The van der Waals surface area contributed by atoms with Crippen LogP contribution in [0.5, 0.6) is 0 Å². The predicted octanol–water partition coefficient (Wildman–Crippen LogP) is 1.24. The summed E-state index contributed by atoms with van der Waals surface area (Å²) in [7, 11) is 3.60. The first-order valence-corrected chi connectivity index (χ1v) is 6.62. The van der Waals surface area contributed by atoms with E-state index in [9.17, 15) is 4.79 Å². The molecule has 0 saturated carbocycles. The van der Waals surface area contributed by atoms with Crippen molar-refractivity contribution in [1.29, 1.82) is 0 Å². The maximum absolute atomic E-state index is 10.5. The molecule has 0 aliphatic carbocycles. The maximum atomic E-state index is 10.5. The normalized spacial score (nSPS) is 15.4. The molecule has 1 heterocycles. The van der Waals surface area contributed by atoms with Crippen LogP contribution in [0.1, 0.15) is 26.7 Å². The third-order valence-electron chi connectivity index (χ3n) is 2.77. The fourth-order valence-corrected chi connectivity index (χ4v) is 1.34. The first-order valence-electron chi connectivity index (χ1n) is 6.62. The smallest absolute Gasteiger partial charge is 0.166 e. The zero-order valence-corrected chi connectivity index (χ0v) is 12.2. The van der Waals surface area contributed by atoms with E-state index in [-0.39, 0.29) is 0 Å². The molecule has 0 bridgehead atoms. The zero-order valence-electron chi connectivity index (χ0n) is 12.2. The lowest BCUT2D eigenvalue weighted by atomic mass is 10.2. The minimum absolute atomic E-state index is 0.621. The maximum Gasteiger partial charge on any atom is 0.166 e. The molecule has 0 radical (unpaired) electrons. The highest BCUT2D eigenvalue weighted by Crippen LogP contribution is 2.04. The van der Waals surface area contributed by atoms with Crippen LogP contribution in [0.15, 0.2) is 5.10 Å². The lowest BCUT2D eigenvalue weighted by Crippen LogP contribution is -2.41. The van der Waals surface area contributed by atoms with Crippen LogP contribution in [0.3, 0.4) is 0 Å². The highest BCUT2D eigenvalue weighted by atomic mass is 16.5. The fourth-order valence-electron chi connectivity index (χ4n) is 1.34. The number of carbonyl (C=O) groups is 1. The summed E-state index contributed by atoms with van der Waals surface area (Å²) < 4.78 is 4.54. The van der Waals surface area contributed by atoms with Gasteiger partial charge in [0.05, 0.1) is 5.71 Å². The second kappa shape index (κ2) is 11.2. The molecular weight excluding hydrogens is 230 g/mol. The van der Waals surface area contributed by atoms with Gasteiger partial charge in [-0.15, -0.1) is 0 Å². The van der Waals surface area contributed by atoms with E-state index in [1.165, 1.54) is 19.5 Å². The number of hydrazone groups is 1. The van der Waals surface area contributed by atoms with Crippen molar-refractivity contribution in [3.05, 3.63) is 0 Å². The number of likely N-dealkylation sites (tertiary alicyclic amines) is 1. The number of rotatable bonds is 7. The highest BCUT2D eigenvalue weighted by Gasteiger charge is 2.13. The minimum Gasteiger partial charge on any atom is -0.385 e. The van der Waals surface area contributed by atoms with Gasteiger partial charge in [0.25, 0.3) is 0 Å². The molecule has 1 fully saturated rings. The summed E-state index contributed by atoms with van der Waals surface area (Å²) in [6.45, 7) is 9.10. The van der Waals surface area contributed by atoms with Gasteiger partial charge in [0.15, 0.2) is 6.29 Å². The second-order valence-corrected chi connectivity index (χ2v) is 4.22. The standard InChI is InChI=1S/C10H19N3O.C3H8O/c1-3-10(9-14)11-12(2)7-8-13-5-4-6-13;1-3-4-2/h9H,3-8H2,1-2H3;3H2,1-2H3/b11-10+;. The molecule has 0 spiro atoms. The average molecular weight is 257 g/mol. The van der Waals surface area contributed by atoms with E-state index in [2.05, 4.69) is 14.7 Å². The molecule has 5 nitrogen and oxygen atoms in total. The SMILES string of the molecule is CC/C(C=O)=N\N(C)CCN1CCC1.CCOC. The van der Waals surface area contributed by atoms with E-state index in [4.69, 9.17) is 0 Å². The van der Waals surface area contributed by atoms with Gasteiger partial charge >= 0.3 is 0 Å². The lowest BCUT2D eigenvalue weighted by Gasteiger charge is -2.31. The lowest BCUT2D eigenvalue weighted by molar-refractivity contribution is -0.102. The van der Waals surface area contributed by atoms with Crippen molar-refractivity contribution < 1.29 is 9.53 Å². The van der Waals surface area contributed by atoms with E-state index >= 15 is 0 Å². The molecule has 0 amide bonds. The van der Waals surface area contributed by atoms with Crippen molar-refractivity contribution in [2.24, 2.45) is 5.10 Å². The van der Waals surface area contributed by atoms with Crippen molar-refractivity contribution in [1.82, 2.24) is 9.91 Å². The summed E-state index contributed by atoms with van der Waals surface area (Å²) >= 11 is 0. The van der Waals surface area contributed by atoms with Crippen LogP contribution in [0.25, 0.3) is 0 Å². The summed E-state index contributed by atoms with van der Waals surface area (Å²) in [5.74, 6) is 0. The largest absolute Gasteiger partial charge is 0.385 e. The molecule has 1 aliphatic rings. The molecule has 0 unspecified atom stereocenters. The molecule has 0 N–H and O–H groups in total. The summed E-state index contributed by atoms with van der Waals surface area (Å²) in [6.07, 6.45) is 2.86. The molecule has 1 rings (SSSR count). The average Bonchev–Trinajstić information content (AvgIpc) is 2.34. The molecule has 0 aromatic heterocycles. The summed E-state index contributed by atoms with van der Waals surface area (Å²) in [4.78, 5) is 12.9. The predicted molar refractivity (Wildman–Crippen MR) is 75.0 cm³/mol. The molecule has 1 saturated heterocycles. The first kappa shape index (κ1) is 17.1. The molecule has 0 aromatic rings. The van der Waals surface area contributed by atoms with Gasteiger partial charge in [-0.1, -0.05) is 6.92 Å². The van der Waals surface area contributed by atoms with Crippen LogP contribution in [-0.4, -0.2) is 68.9 Å². The van der Waals surface area contributed by atoms with E-state index in [1.54, 1.807) is 7.11 Å². The van der Waals surface area contributed by atoms with Crippen LogP contribution in [0, 0.1) is 0 Å². The Hall–Kier alpha value is -0.940. The topological polar surface area (TPSA) is 45.1 Å². The van der Waals surface area contributed by atoms with Gasteiger partial charge in [-0.05, 0) is 32.9 Å². The molecule has 0 atom stereocenters. The Bertz CT molecular complexity index is 238. The van der Waals surface area contributed by atoms with E-state index < -0.39 is 0 Å². The van der Waals surface area contributed by atoms with Crippen molar-refractivity contribution in [2.75, 3.05) is 46.9 Å². The van der Waals surface area contributed by atoms with Gasteiger partial charge in [-0.3, -0.25) is 9.80 Å². The van der Waals surface area contributed by atoms with Crippen LogP contribution < -0.4 is 0 Å². The number of nitrogens with zero attached hydrogens (tertiary/aromatic N) is 3. The van der Waals surface area contributed by atoms with Crippen LogP contribution in [0.4, 0.5) is 0 Å². The molecular formula is C13H27N3O2. The number of aldehydes is 1. The van der Waals surface area contributed by atoms with Crippen molar-refractivity contribution in [3.8, 4) is 0 Å². The first-order chi connectivity index (χ1) is 8.67. The third-order valence-corrected chi connectivity index (χ3v) is 2.77. The van der Waals surface area contributed by atoms with E-state index in [1.807, 2.05) is 25.9 Å². The van der Waals surface area contributed by atoms with Gasteiger partial charge < -0.3 is 9.64 Å². The molecule has 1 aliphatic heterocycles. The quantitative estimate of drug-likeness (QED) is 0.391. The number of methoxy groups -OCH3 is 1. The third kappa shape index (κ3) is 8.20. The van der Waals surface area contributed by atoms with Crippen molar-refractivity contribution in [2.45, 2.75) is 26.7 Å². The highest BCUT2D eigenvalue weighted by molar-refractivity contribution is 6.28. The van der Waals surface area contributed by atoms with E-state index in [0.29, 0.717) is 12.1 Å². The Labute approximate surface area is 111 Å². The van der Waals surface area contributed by atoms with Crippen LogP contribution in [0.2, 0.25) is 0 Å². The Morgan fingerprint density at radius 1 is 1.44 bits per heavy atom. The summed E-state index contributed by atoms with van der Waals surface area (Å²) in [5, 5.41) is 6.05.